The fourth-order valence-electron chi connectivity index (χ4n) is 11.4. The smallest absolute Gasteiger partial charge is 0.145 e. The molecule has 0 aliphatic heterocycles. The van der Waals surface area contributed by atoms with E-state index in [0.717, 1.165) is 55.9 Å². The molecule has 0 N–H and O–H groups in total. The molecular weight excluding hydrogens is 821 g/mol. The molecule has 0 atom stereocenters. The summed E-state index contributed by atoms with van der Waals surface area (Å²) in [5, 5.41) is 6.98. The number of fused-ring (bicyclic) bond motifs is 16. The van der Waals surface area contributed by atoms with Crippen molar-refractivity contribution in [2.75, 3.05) is 9.80 Å². The minimum absolute atomic E-state index is 0.609. The summed E-state index contributed by atoms with van der Waals surface area (Å²) in [5.41, 5.74) is 13.9. The molecule has 3 heterocycles. The van der Waals surface area contributed by atoms with Gasteiger partial charge in [0.05, 0.1) is 21.5 Å². The Kier molecular flexibility index (Phi) is 8.03. The minimum Gasteiger partial charge on any atom is -0.294 e. The normalized spacial score (nSPS) is 13.0. The third-order valence-corrected chi connectivity index (χ3v) is 15.1. The maximum Gasteiger partial charge on any atom is 0.145 e. The molecule has 0 radical (unpaired) electrons. The van der Waals surface area contributed by atoms with Crippen molar-refractivity contribution in [2.24, 2.45) is 0 Å². The van der Waals surface area contributed by atoms with Crippen molar-refractivity contribution in [1.29, 1.82) is 0 Å². The minimum atomic E-state index is -0.609. The molecule has 4 nitrogen and oxygen atoms in total. The van der Waals surface area contributed by atoms with Crippen LogP contribution in [0.3, 0.4) is 0 Å². The molecule has 66 heavy (non-hydrogen) atoms. The lowest BCUT2D eigenvalue weighted by Crippen LogP contribution is -2.26. The standard InChI is InChI=1S/C61H38N4S/c1-3-20-41(21-4-1)64(59-43-24-9-7-18-39(43)34-36-62-59)52-33-17-29-48-56-54(66-58(48)52)38-53(65(42-22-5-2-6-23-42)60-44-25-10-8-19-40(44)35-37-63-60)55-47-28-13-16-32-51(47)61(57(55)56)49-30-14-11-26-45(49)46-27-12-15-31-50(46)61/h1-38H. The van der Waals surface area contributed by atoms with Crippen LogP contribution < -0.4 is 9.80 Å². The number of pyridine rings is 2. The van der Waals surface area contributed by atoms with Gasteiger partial charge in [-0.2, -0.15) is 0 Å². The van der Waals surface area contributed by atoms with Crippen molar-refractivity contribution >= 4 is 87.4 Å². The molecule has 0 unspecified atom stereocenters. The molecule has 1 spiro atoms. The van der Waals surface area contributed by atoms with Crippen LogP contribution in [-0.2, 0) is 5.41 Å². The SMILES string of the molecule is c1ccc(N(c2cc3sc4c(N(c5ccccc5)c5nccc6ccccc56)cccc4c3c3c2-c2ccccc2C32c3ccccc3-c3ccccc32)c2nccc3ccccc23)cc1. The Morgan fingerprint density at radius 3 is 1.45 bits per heavy atom. The van der Waals surface area contributed by atoms with Crippen LogP contribution in [0, 0.1) is 0 Å². The van der Waals surface area contributed by atoms with Crippen LogP contribution in [0.1, 0.15) is 22.3 Å². The van der Waals surface area contributed by atoms with Gasteiger partial charge in [0.25, 0.3) is 0 Å². The zero-order valence-corrected chi connectivity index (χ0v) is 36.5. The number of anilines is 6. The topological polar surface area (TPSA) is 32.3 Å². The van der Waals surface area contributed by atoms with Gasteiger partial charge in [0.15, 0.2) is 0 Å². The number of rotatable bonds is 6. The number of hydrogen-bond donors (Lipinski definition) is 0. The molecule has 5 heteroatoms. The first kappa shape index (κ1) is 37.0. The summed E-state index contributed by atoms with van der Waals surface area (Å²) in [6.07, 6.45) is 3.89. The third-order valence-electron chi connectivity index (χ3n) is 13.9. The van der Waals surface area contributed by atoms with E-state index in [1.165, 1.54) is 64.7 Å². The van der Waals surface area contributed by atoms with E-state index in [1.54, 1.807) is 0 Å². The second-order valence-corrected chi connectivity index (χ2v) is 18.3. The van der Waals surface area contributed by atoms with Crippen molar-refractivity contribution < 1.29 is 0 Å². The van der Waals surface area contributed by atoms with E-state index in [4.69, 9.17) is 9.97 Å². The second-order valence-electron chi connectivity index (χ2n) is 17.2. The molecule has 0 amide bonds. The number of benzene rings is 9. The van der Waals surface area contributed by atoms with E-state index in [1.807, 2.05) is 23.7 Å². The van der Waals surface area contributed by atoms with E-state index in [9.17, 15) is 0 Å². The maximum absolute atomic E-state index is 5.27. The lowest BCUT2D eigenvalue weighted by Gasteiger charge is -2.32. The highest BCUT2D eigenvalue weighted by atomic mass is 32.1. The Morgan fingerprint density at radius 1 is 0.394 bits per heavy atom. The average molecular weight is 859 g/mol. The predicted molar refractivity (Wildman–Crippen MR) is 276 cm³/mol. The van der Waals surface area contributed by atoms with Gasteiger partial charge in [-0.05, 0) is 98.2 Å². The van der Waals surface area contributed by atoms with Crippen LogP contribution in [0.25, 0.3) is 64.0 Å². The van der Waals surface area contributed by atoms with Gasteiger partial charge in [-0.3, -0.25) is 9.80 Å². The maximum atomic E-state index is 5.27. The van der Waals surface area contributed by atoms with Crippen molar-refractivity contribution in [3.05, 3.63) is 253 Å². The van der Waals surface area contributed by atoms with Crippen LogP contribution in [0.2, 0.25) is 0 Å². The highest BCUT2D eigenvalue weighted by molar-refractivity contribution is 7.26. The Balaban J connectivity index is 1.17. The zero-order chi connectivity index (χ0) is 43.3. The molecule has 0 saturated carbocycles. The zero-order valence-electron chi connectivity index (χ0n) is 35.6. The quantitative estimate of drug-likeness (QED) is 0.167. The van der Waals surface area contributed by atoms with Crippen molar-refractivity contribution in [2.45, 2.75) is 5.41 Å². The van der Waals surface area contributed by atoms with Gasteiger partial charge in [0, 0.05) is 55.6 Å². The van der Waals surface area contributed by atoms with Crippen LogP contribution in [0.15, 0.2) is 231 Å². The molecule has 2 aliphatic rings. The Hall–Kier alpha value is -8.38. The molecule has 12 aromatic rings. The number of aromatic nitrogens is 2. The van der Waals surface area contributed by atoms with Gasteiger partial charge >= 0.3 is 0 Å². The lowest BCUT2D eigenvalue weighted by atomic mass is 9.69. The van der Waals surface area contributed by atoms with Crippen molar-refractivity contribution in [3.8, 4) is 22.3 Å². The summed E-state index contributed by atoms with van der Waals surface area (Å²) in [6, 6.07) is 79.7. The highest BCUT2D eigenvalue weighted by Gasteiger charge is 2.54. The highest BCUT2D eigenvalue weighted by Crippen LogP contribution is 2.67. The fraction of sp³-hybridized carbons (Fsp3) is 0.0164. The molecule has 308 valence electrons. The molecule has 0 saturated heterocycles. The Morgan fingerprint density at radius 2 is 0.864 bits per heavy atom. The lowest BCUT2D eigenvalue weighted by molar-refractivity contribution is 0.802. The van der Waals surface area contributed by atoms with Crippen molar-refractivity contribution in [3.63, 3.8) is 0 Å². The number of nitrogens with zero attached hydrogens (tertiary/aromatic N) is 4. The summed E-state index contributed by atoms with van der Waals surface area (Å²) in [5.74, 6) is 1.79. The molecule has 14 rings (SSSR count). The molecule has 0 bridgehead atoms. The summed E-state index contributed by atoms with van der Waals surface area (Å²) < 4.78 is 2.41. The number of para-hydroxylation sites is 2. The first-order valence-corrected chi connectivity index (χ1v) is 23.3. The largest absolute Gasteiger partial charge is 0.294 e. The van der Waals surface area contributed by atoms with Crippen LogP contribution in [0.4, 0.5) is 34.4 Å². The molecule has 2 aliphatic carbocycles. The fourth-order valence-corrected chi connectivity index (χ4v) is 12.6. The van der Waals surface area contributed by atoms with E-state index in [0.29, 0.717) is 0 Å². The number of hydrogen-bond acceptors (Lipinski definition) is 5. The van der Waals surface area contributed by atoms with Gasteiger partial charge < -0.3 is 0 Å². The third kappa shape index (κ3) is 5.09. The monoisotopic (exact) mass is 858 g/mol. The predicted octanol–water partition coefficient (Wildman–Crippen LogP) is 16.4. The van der Waals surface area contributed by atoms with Gasteiger partial charge in [0.2, 0.25) is 0 Å². The van der Waals surface area contributed by atoms with Gasteiger partial charge in [-0.25, -0.2) is 9.97 Å². The molecule has 3 aromatic heterocycles. The summed E-state index contributed by atoms with van der Waals surface area (Å²) in [4.78, 5) is 15.2. The summed E-state index contributed by atoms with van der Waals surface area (Å²) in [6.45, 7) is 0. The first-order chi connectivity index (χ1) is 32.8. The first-order valence-electron chi connectivity index (χ1n) is 22.5. The van der Waals surface area contributed by atoms with Crippen LogP contribution in [-0.4, -0.2) is 9.97 Å². The molecule has 0 fully saturated rings. The molecular formula is C61H38N4S. The van der Waals surface area contributed by atoms with E-state index in [2.05, 4.69) is 228 Å². The van der Waals surface area contributed by atoms with E-state index >= 15 is 0 Å². The van der Waals surface area contributed by atoms with Gasteiger partial charge in [-0.1, -0.05) is 170 Å². The number of thiophene rings is 1. The van der Waals surface area contributed by atoms with Crippen molar-refractivity contribution in [1.82, 2.24) is 9.97 Å². The van der Waals surface area contributed by atoms with E-state index in [-0.39, 0.29) is 0 Å². The molecule has 9 aromatic carbocycles. The van der Waals surface area contributed by atoms with Gasteiger partial charge in [0.1, 0.15) is 11.6 Å². The average Bonchev–Trinajstić information content (AvgIpc) is 4.02. The summed E-state index contributed by atoms with van der Waals surface area (Å²) >= 11 is 1.87. The van der Waals surface area contributed by atoms with E-state index < -0.39 is 5.41 Å². The Bertz CT molecular complexity index is 3860. The van der Waals surface area contributed by atoms with Gasteiger partial charge in [-0.15, -0.1) is 11.3 Å². The summed E-state index contributed by atoms with van der Waals surface area (Å²) in [7, 11) is 0. The Labute approximate surface area is 386 Å². The van der Waals surface area contributed by atoms with Crippen LogP contribution in [0.5, 0.6) is 0 Å². The van der Waals surface area contributed by atoms with Crippen LogP contribution >= 0.6 is 11.3 Å². The second kappa shape index (κ2) is 14.3.